The summed E-state index contributed by atoms with van der Waals surface area (Å²) < 4.78 is 14.0. The normalized spacial score (nSPS) is 14.5. The molecule has 0 bridgehead atoms. The maximum atomic E-state index is 5.83. The first-order chi connectivity index (χ1) is 14.6. The predicted octanol–water partition coefficient (Wildman–Crippen LogP) is 6.11. The largest absolute Gasteiger partial charge is 0.493 e. The van der Waals surface area contributed by atoms with E-state index in [-0.39, 0.29) is 0 Å². The second kappa shape index (κ2) is 7.39. The third-order valence-corrected chi connectivity index (χ3v) is 6.65. The summed E-state index contributed by atoms with van der Waals surface area (Å²) in [7, 11) is 1.72. The van der Waals surface area contributed by atoms with Crippen molar-refractivity contribution in [3.05, 3.63) is 76.0 Å². The van der Waals surface area contributed by atoms with E-state index in [1.807, 2.05) is 6.92 Å². The Hall–Kier alpha value is -2.94. The van der Waals surface area contributed by atoms with Crippen LogP contribution in [0.2, 0.25) is 0 Å². The quantitative estimate of drug-likeness (QED) is 0.528. The van der Waals surface area contributed by atoms with Gasteiger partial charge >= 0.3 is 0 Å². The third-order valence-electron chi connectivity index (χ3n) is 6.65. The molecule has 0 atom stereocenters. The first-order valence-electron chi connectivity index (χ1n) is 11.0. The van der Waals surface area contributed by atoms with Crippen molar-refractivity contribution in [1.82, 2.24) is 4.57 Å². The monoisotopic (exact) mass is 399 g/mol. The molecular formula is C27H29NO2. The number of ether oxygens (including phenoxy) is 2. The van der Waals surface area contributed by atoms with Crippen molar-refractivity contribution in [3.8, 4) is 22.8 Å². The standard InChI is InChI=1S/C27H29NO2/c1-5-30-25-15-20-13-14-28-18(3)26(17(2)27(28)23(20)16-24(25)29-4)22-12-8-10-19-9-6-7-11-21(19)22/h6-7,9,11-12,15-16H,5,8,10,13-14H2,1-4H3. The topological polar surface area (TPSA) is 23.4 Å². The Balaban J connectivity index is 1.70. The molecule has 154 valence electrons. The Kier molecular flexibility index (Phi) is 4.69. The maximum absolute atomic E-state index is 5.83. The first-order valence-corrected chi connectivity index (χ1v) is 11.0. The maximum Gasteiger partial charge on any atom is 0.161 e. The van der Waals surface area contributed by atoms with Crippen LogP contribution < -0.4 is 9.47 Å². The number of aromatic nitrogens is 1. The van der Waals surface area contributed by atoms with Crippen molar-refractivity contribution in [2.75, 3.05) is 13.7 Å². The van der Waals surface area contributed by atoms with Gasteiger partial charge in [0.05, 0.1) is 19.4 Å². The lowest BCUT2D eigenvalue weighted by Crippen LogP contribution is -2.13. The summed E-state index contributed by atoms with van der Waals surface area (Å²) in [5.74, 6) is 1.66. The average Bonchev–Trinajstić information content (AvgIpc) is 3.03. The molecule has 0 unspecified atom stereocenters. The number of fused-ring (bicyclic) bond motifs is 4. The van der Waals surface area contributed by atoms with Crippen LogP contribution in [0.15, 0.2) is 42.5 Å². The summed E-state index contributed by atoms with van der Waals surface area (Å²) in [6.45, 7) is 8.22. The first kappa shape index (κ1) is 19.0. The van der Waals surface area contributed by atoms with Gasteiger partial charge in [-0.05, 0) is 80.0 Å². The lowest BCUT2D eigenvalue weighted by atomic mass is 9.85. The fourth-order valence-electron chi connectivity index (χ4n) is 5.33. The van der Waals surface area contributed by atoms with E-state index in [0.717, 1.165) is 37.3 Å². The highest BCUT2D eigenvalue weighted by molar-refractivity contribution is 5.89. The van der Waals surface area contributed by atoms with Crippen molar-refractivity contribution in [2.24, 2.45) is 0 Å². The molecule has 0 saturated carbocycles. The zero-order valence-electron chi connectivity index (χ0n) is 18.3. The molecule has 3 heteroatoms. The van der Waals surface area contributed by atoms with Gasteiger partial charge < -0.3 is 14.0 Å². The second-order valence-electron chi connectivity index (χ2n) is 8.24. The number of aryl methyl sites for hydroxylation is 2. The Morgan fingerprint density at radius 3 is 2.60 bits per heavy atom. The van der Waals surface area contributed by atoms with E-state index >= 15 is 0 Å². The van der Waals surface area contributed by atoms with Gasteiger partial charge in [0.2, 0.25) is 0 Å². The number of rotatable bonds is 4. The molecule has 1 aliphatic heterocycles. The highest BCUT2D eigenvalue weighted by Crippen LogP contribution is 2.45. The summed E-state index contributed by atoms with van der Waals surface area (Å²) >= 11 is 0. The van der Waals surface area contributed by atoms with Gasteiger partial charge in [-0.25, -0.2) is 0 Å². The summed E-state index contributed by atoms with van der Waals surface area (Å²) in [5, 5.41) is 0. The fraction of sp³-hybridized carbons (Fsp3) is 0.333. The summed E-state index contributed by atoms with van der Waals surface area (Å²) in [6, 6.07) is 13.2. The lowest BCUT2D eigenvalue weighted by Gasteiger charge is -2.23. The minimum atomic E-state index is 0.640. The molecule has 3 aromatic rings. The highest BCUT2D eigenvalue weighted by atomic mass is 16.5. The van der Waals surface area contributed by atoms with E-state index in [9.17, 15) is 0 Å². The van der Waals surface area contributed by atoms with Crippen LogP contribution in [0.5, 0.6) is 11.5 Å². The van der Waals surface area contributed by atoms with Crippen LogP contribution >= 0.6 is 0 Å². The number of methoxy groups -OCH3 is 1. The average molecular weight is 400 g/mol. The van der Waals surface area contributed by atoms with Gasteiger partial charge in [0.25, 0.3) is 0 Å². The van der Waals surface area contributed by atoms with Crippen molar-refractivity contribution in [3.63, 3.8) is 0 Å². The van der Waals surface area contributed by atoms with E-state index in [2.05, 4.69) is 60.9 Å². The molecule has 0 saturated heterocycles. The summed E-state index contributed by atoms with van der Waals surface area (Å²) in [6.07, 6.45) is 5.68. The van der Waals surface area contributed by atoms with Crippen molar-refractivity contribution in [1.29, 1.82) is 0 Å². The molecule has 3 nitrogen and oxygen atoms in total. The third kappa shape index (κ3) is 2.79. The molecule has 5 rings (SSSR count). The molecule has 0 spiro atoms. The van der Waals surface area contributed by atoms with E-state index in [1.165, 1.54) is 50.3 Å². The second-order valence-corrected chi connectivity index (χ2v) is 8.24. The van der Waals surface area contributed by atoms with Crippen LogP contribution in [-0.4, -0.2) is 18.3 Å². The van der Waals surface area contributed by atoms with Crippen LogP contribution in [0.25, 0.3) is 16.8 Å². The number of benzene rings is 2. The van der Waals surface area contributed by atoms with Crippen molar-refractivity contribution >= 4 is 5.57 Å². The molecule has 0 radical (unpaired) electrons. The Labute approximate surface area is 179 Å². The molecule has 0 fully saturated rings. The van der Waals surface area contributed by atoms with Gasteiger partial charge in [-0.3, -0.25) is 0 Å². The molecule has 0 amide bonds. The van der Waals surface area contributed by atoms with Crippen LogP contribution in [0.4, 0.5) is 0 Å². The van der Waals surface area contributed by atoms with Crippen LogP contribution in [0, 0.1) is 13.8 Å². The van der Waals surface area contributed by atoms with Gasteiger partial charge in [-0.1, -0.05) is 30.3 Å². The lowest BCUT2D eigenvalue weighted by molar-refractivity contribution is 0.310. The molecule has 2 aliphatic rings. The Morgan fingerprint density at radius 2 is 1.80 bits per heavy atom. The number of allylic oxidation sites excluding steroid dienone is 1. The molecule has 2 heterocycles. The number of hydrogen-bond acceptors (Lipinski definition) is 2. The molecule has 2 aromatic carbocycles. The SMILES string of the molecule is CCOc1cc2c(cc1OC)-c1c(C)c(C3=CCCc4ccccc43)c(C)n1CC2. The molecule has 0 N–H and O–H groups in total. The van der Waals surface area contributed by atoms with Crippen LogP contribution in [0.1, 0.15) is 46.9 Å². The fourth-order valence-corrected chi connectivity index (χ4v) is 5.33. The van der Waals surface area contributed by atoms with Gasteiger partial charge in [-0.2, -0.15) is 0 Å². The van der Waals surface area contributed by atoms with Crippen LogP contribution in [0.3, 0.4) is 0 Å². The molecule has 1 aromatic heterocycles. The van der Waals surface area contributed by atoms with Gasteiger partial charge in [0.1, 0.15) is 0 Å². The summed E-state index contributed by atoms with van der Waals surface area (Å²) in [5.41, 5.74) is 12.3. The zero-order chi connectivity index (χ0) is 20.8. The minimum absolute atomic E-state index is 0.640. The van der Waals surface area contributed by atoms with Crippen molar-refractivity contribution in [2.45, 2.75) is 46.6 Å². The number of nitrogens with zero attached hydrogens (tertiary/aromatic N) is 1. The Morgan fingerprint density at radius 1 is 0.967 bits per heavy atom. The van der Waals surface area contributed by atoms with E-state index in [1.54, 1.807) is 7.11 Å². The van der Waals surface area contributed by atoms with Gasteiger partial charge in [0.15, 0.2) is 11.5 Å². The minimum Gasteiger partial charge on any atom is -0.493 e. The van der Waals surface area contributed by atoms with E-state index in [0.29, 0.717) is 6.61 Å². The number of hydrogen-bond donors (Lipinski definition) is 0. The van der Waals surface area contributed by atoms with Crippen molar-refractivity contribution < 1.29 is 9.47 Å². The smallest absolute Gasteiger partial charge is 0.161 e. The molecule has 1 aliphatic carbocycles. The molecular weight excluding hydrogens is 370 g/mol. The highest BCUT2D eigenvalue weighted by Gasteiger charge is 2.28. The van der Waals surface area contributed by atoms with Gasteiger partial charge in [0, 0.05) is 23.4 Å². The zero-order valence-corrected chi connectivity index (χ0v) is 18.3. The van der Waals surface area contributed by atoms with E-state index < -0.39 is 0 Å². The van der Waals surface area contributed by atoms with Crippen LogP contribution in [-0.2, 0) is 19.4 Å². The van der Waals surface area contributed by atoms with E-state index in [4.69, 9.17) is 9.47 Å². The predicted molar refractivity (Wildman–Crippen MR) is 123 cm³/mol. The molecule has 30 heavy (non-hydrogen) atoms. The Bertz CT molecular complexity index is 1170. The van der Waals surface area contributed by atoms with Gasteiger partial charge in [-0.15, -0.1) is 0 Å². The summed E-state index contributed by atoms with van der Waals surface area (Å²) in [4.78, 5) is 0.